The van der Waals surface area contributed by atoms with Crippen LogP contribution in [0, 0.1) is 0 Å². The van der Waals surface area contributed by atoms with Crippen LogP contribution in [0.2, 0.25) is 0 Å². The van der Waals surface area contributed by atoms with Gasteiger partial charge in [-0.1, -0.05) is 32.1 Å². The lowest BCUT2D eigenvalue weighted by molar-refractivity contribution is -0.0518. The lowest BCUT2D eigenvalue weighted by atomic mass is 9.78. The molecule has 104 valence electrons. The number of nitrogens with one attached hydrogen (secondary N) is 1. The van der Waals surface area contributed by atoms with E-state index >= 15 is 0 Å². The highest BCUT2D eigenvalue weighted by Crippen LogP contribution is 2.38. The van der Waals surface area contributed by atoms with Crippen molar-refractivity contribution in [3.8, 4) is 0 Å². The maximum absolute atomic E-state index is 10.7. The number of hydrogen-bond donors (Lipinski definition) is 2. The summed E-state index contributed by atoms with van der Waals surface area (Å²) < 4.78 is 0. The van der Waals surface area contributed by atoms with Crippen molar-refractivity contribution in [3.05, 3.63) is 0 Å². The number of β-amino-alcohol motifs (C(OH)–C–C–N with tert-alkyl or cyclic N) is 1. The van der Waals surface area contributed by atoms with Gasteiger partial charge in [0, 0.05) is 31.7 Å². The van der Waals surface area contributed by atoms with Gasteiger partial charge < -0.3 is 10.4 Å². The summed E-state index contributed by atoms with van der Waals surface area (Å²) in [4.78, 5) is 2.65. The molecule has 18 heavy (non-hydrogen) atoms. The largest absolute Gasteiger partial charge is 0.389 e. The lowest BCUT2D eigenvalue weighted by Crippen LogP contribution is -2.64. The molecule has 1 saturated heterocycles. The zero-order valence-corrected chi connectivity index (χ0v) is 11.6. The number of nitrogens with zero attached hydrogens (tertiary/aromatic N) is 1. The Balaban J connectivity index is 1.71. The van der Waals surface area contributed by atoms with Crippen LogP contribution in [-0.2, 0) is 0 Å². The molecule has 3 rings (SSSR count). The smallest absolute Gasteiger partial charge is 0.0774 e. The highest BCUT2D eigenvalue weighted by molar-refractivity contribution is 5.01. The Morgan fingerprint density at radius 2 is 1.61 bits per heavy atom. The van der Waals surface area contributed by atoms with Gasteiger partial charge in [0.1, 0.15) is 0 Å². The number of piperazine rings is 1. The van der Waals surface area contributed by atoms with Gasteiger partial charge >= 0.3 is 0 Å². The van der Waals surface area contributed by atoms with E-state index in [1.54, 1.807) is 0 Å². The van der Waals surface area contributed by atoms with Gasteiger partial charge in [-0.25, -0.2) is 0 Å². The fourth-order valence-corrected chi connectivity index (χ4v) is 4.38. The first-order valence-electron chi connectivity index (χ1n) is 7.91. The Kier molecular flexibility index (Phi) is 3.65. The number of hydrogen-bond acceptors (Lipinski definition) is 3. The van der Waals surface area contributed by atoms with Gasteiger partial charge in [-0.2, -0.15) is 0 Å². The Morgan fingerprint density at radius 3 is 2.33 bits per heavy atom. The van der Waals surface area contributed by atoms with Gasteiger partial charge in [0.15, 0.2) is 0 Å². The van der Waals surface area contributed by atoms with Gasteiger partial charge in [-0.3, -0.25) is 4.90 Å². The van der Waals surface area contributed by atoms with Crippen LogP contribution in [-0.4, -0.2) is 47.3 Å². The Labute approximate surface area is 111 Å². The van der Waals surface area contributed by atoms with E-state index < -0.39 is 0 Å². The van der Waals surface area contributed by atoms with Crippen LogP contribution in [0.5, 0.6) is 0 Å². The van der Waals surface area contributed by atoms with Crippen molar-refractivity contribution in [2.45, 2.75) is 68.9 Å². The predicted octanol–water partition coefficient (Wildman–Crippen LogP) is 1.90. The molecule has 0 atom stereocenters. The molecule has 3 aliphatic rings. The molecule has 2 aliphatic carbocycles. The van der Waals surface area contributed by atoms with E-state index in [4.69, 9.17) is 0 Å². The molecule has 3 fully saturated rings. The standard InChI is InChI=1S/C15H28N2O/c18-15(8-4-5-9-15)13-17-11-10-16-12-14(17)6-2-1-3-7-14/h16,18H,1-13H2. The third-order valence-electron chi connectivity index (χ3n) is 5.49. The van der Waals surface area contributed by atoms with Crippen molar-refractivity contribution in [2.75, 3.05) is 26.2 Å². The topological polar surface area (TPSA) is 35.5 Å². The van der Waals surface area contributed by atoms with Crippen LogP contribution < -0.4 is 5.32 Å². The average Bonchev–Trinajstić information content (AvgIpc) is 2.81. The van der Waals surface area contributed by atoms with E-state index in [2.05, 4.69) is 10.2 Å². The first-order valence-corrected chi connectivity index (χ1v) is 7.91. The molecule has 0 amide bonds. The van der Waals surface area contributed by atoms with Gasteiger partial charge in [0.2, 0.25) is 0 Å². The molecular formula is C15H28N2O. The maximum atomic E-state index is 10.7. The summed E-state index contributed by atoms with van der Waals surface area (Å²) >= 11 is 0. The highest BCUT2D eigenvalue weighted by atomic mass is 16.3. The van der Waals surface area contributed by atoms with Gasteiger partial charge in [-0.15, -0.1) is 0 Å². The van der Waals surface area contributed by atoms with E-state index in [0.29, 0.717) is 5.54 Å². The summed E-state index contributed by atoms with van der Waals surface area (Å²) in [5, 5.41) is 14.3. The van der Waals surface area contributed by atoms with Gasteiger partial charge in [0.25, 0.3) is 0 Å². The van der Waals surface area contributed by atoms with Crippen LogP contribution in [0.25, 0.3) is 0 Å². The second-order valence-corrected chi connectivity index (χ2v) is 6.81. The van der Waals surface area contributed by atoms with Crippen molar-refractivity contribution in [1.82, 2.24) is 10.2 Å². The van der Waals surface area contributed by atoms with Crippen molar-refractivity contribution in [2.24, 2.45) is 0 Å². The highest BCUT2D eigenvalue weighted by Gasteiger charge is 2.43. The second-order valence-electron chi connectivity index (χ2n) is 6.81. The number of rotatable bonds is 2. The summed E-state index contributed by atoms with van der Waals surface area (Å²) in [5.74, 6) is 0. The molecule has 3 heteroatoms. The quantitative estimate of drug-likeness (QED) is 0.788. The van der Waals surface area contributed by atoms with E-state index in [9.17, 15) is 5.11 Å². The number of aliphatic hydroxyl groups is 1. The molecule has 2 N–H and O–H groups in total. The van der Waals surface area contributed by atoms with Crippen molar-refractivity contribution < 1.29 is 5.11 Å². The summed E-state index contributed by atoms with van der Waals surface area (Å²) in [6, 6.07) is 0. The average molecular weight is 252 g/mol. The predicted molar refractivity (Wildman–Crippen MR) is 73.7 cm³/mol. The Morgan fingerprint density at radius 1 is 0.944 bits per heavy atom. The molecular weight excluding hydrogens is 224 g/mol. The maximum Gasteiger partial charge on any atom is 0.0774 e. The molecule has 2 saturated carbocycles. The third kappa shape index (κ3) is 2.45. The minimum atomic E-state index is -0.373. The van der Waals surface area contributed by atoms with E-state index in [0.717, 1.165) is 39.0 Å². The minimum Gasteiger partial charge on any atom is -0.389 e. The lowest BCUT2D eigenvalue weighted by Gasteiger charge is -2.51. The first kappa shape index (κ1) is 12.9. The molecule has 1 spiro atoms. The van der Waals surface area contributed by atoms with Crippen LogP contribution in [0.3, 0.4) is 0 Å². The van der Waals surface area contributed by atoms with Crippen molar-refractivity contribution >= 4 is 0 Å². The second kappa shape index (κ2) is 5.10. The third-order valence-corrected chi connectivity index (χ3v) is 5.49. The molecule has 0 aromatic heterocycles. The summed E-state index contributed by atoms with van der Waals surface area (Å²) in [7, 11) is 0. The summed E-state index contributed by atoms with van der Waals surface area (Å²) in [6.07, 6.45) is 11.3. The molecule has 0 aromatic rings. The van der Waals surface area contributed by atoms with Crippen LogP contribution in [0.4, 0.5) is 0 Å². The van der Waals surface area contributed by atoms with E-state index in [-0.39, 0.29) is 5.60 Å². The minimum absolute atomic E-state index is 0.370. The molecule has 0 unspecified atom stereocenters. The molecule has 0 aromatic carbocycles. The summed E-state index contributed by atoms with van der Waals surface area (Å²) in [6.45, 7) is 4.29. The van der Waals surface area contributed by atoms with E-state index in [1.807, 2.05) is 0 Å². The van der Waals surface area contributed by atoms with Crippen LogP contribution in [0.1, 0.15) is 57.8 Å². The molecule has 0 radical (unpaired) electrons. The monoisotopic (exact) mass is 252 g/mol. The molecule has 1 heterocycles. The van der Waals surface area contributed by atoms with Gasteiger partial charge in [0.05, 0.1) is 5.60 Å². The Bertz CT molecular complexity index is 272. The van der Waals surface area contributed by atoms with Crippen molar-refractivity contribution in [1.29, 1.82) is 0 Å². The van der Waals surface area contributed by atoms with Crippen LogP contribution >= 0.6 is 0 Å². The van der Waals surface area contributed by atoms with Crippen LogP contribution in [0.15, 0.2) is 0 Å². The van der Waals surface area contributed by atoms with Crippen molar-refractivity contribution in [3.63, 3.8) is 0 Å². The SMILES string of the molecule is OC1(CN2CCNCC23CCCCC3)CCCC1. The fraction of sp³-hybridized carbons (Fsp3) is 1.00. The fourth-order valence-electron chi connectivity index (χ4n) is 4.38. The zero-order chi connectivity index (χ0) is 12.5. The van der Waals surface area contributed by atoms with E-state index in [1.165, 1.54) is 44.9 Å². The zero-order valence-electron chi connectivity index (χ0n) is 11.6. The molecule has 0 bridgehead atoms. The summed E-state index contributed by atoms with van der Waals surface area (Å²) in [5.41, 5.74) is -0.00337. The molecule has 3 nitrogen and oxygen atoms in total. The first-order chi connectivity index (χ1) is 8.73. The molecule has 1 aliphatic heterocycles. The normalized spacial score (nSPS) is 31.8. The Hall–Kier alpha value is -0.120. The van der Waals surface area contributed by atoms with Gasteiger partial charge in [-0.05, 0) is 25.7 Å².